The average Bonchev–Trinajstić information content (AvgIpc) is 3.14. The second-order valence-electron chi connectivity index (χ2n) is 9.26. The van der Waals surface area contributed by atoms with Crippen molar-refractivity contribution in [1.29, 1.82) is 0 Å². The molecule has 8 heteroatoms. The molecule has 1 aliphatic carbocycles. The molecule has 1 aromatic carbocycles. The maximum absolute atomic E-state index is 13.1. The van der Waals surface area contributed by atoms with Crippen molar-refractivity contribution in [2.24, 2.45) is 5.41 Å². The van der Waals surface area contributed by atoms with Crippen LogP contribution in [0.25, 0.3) is 0 Å². The number of hydrogen-bond donors (Lipinski definition) is 3. The number of aryl methyl sites for hydroxylation is 1. The Bertz CT molecular complexity index is 1020. The fourth-order valence-electron chi connectivity index (χ4n) is 3.63. The number of benzene rings is 1. The van der Waals surface area contributed by atoms with E-state index in [1.165, 1.54) is 16.2 Å². The van der Waals surface area contributed by atoms with Gasteiger partial charge in [-0.05, 0) is 55.9 Å². The predicted molar refractivity (Wildman–Crippen MR) is 132 cm³/mol. The smallest absolute Gasteiger partial charge is 0.256 e. The summed E-state index contributed by atoms with van der Waals surface area (Å²) >= 11 is 1.49. The van der Waals surface area contributed by atoms with E-state index in [-0.39, 0.29) is 17.7 Å². The zero-order valence-corrected chi connectivity index (χ0v) is 20.6. The minimum atomic E-state index is -0.542. The molecule has 3 rings (SSSR count). The highest BCUT2D eigenvalue weighted by molar-refractivity contribution is 7.17. The van der Waals surface area contributed by atoms with Gasteiger partial charge in [-0.1, -0.05) is 26.8 Å². The van der Waals surface area contributed by atoms with Gasteiger partial charge in [0.05, 0.1) is 5.56 Å². The highest BCUT2D eigenvalue weighted by Crippen LogP contribution is 2.38. The van der Waals surface area contributed by atoms with Crippen molar-refractivity contribution in [2.45, 2.75) is 52.9 Å². The molecule has 3 amide bonds. The first kappa shape index (κ1) is 24.9. The number of carbonyl (C=O) groups excluding carboxylic acids is 3. The van der Waals surface area contributed by atoms with Gasteiger partial charge >= 0.3 is 0 Å². The topological polar surface area (TPSA) is 96.5 Å². The summed E-state index contributed by atoms with van der Waals surface area (Å²) in [7, 11) is 1.63. The van der Waals surface area contributed by atoms with Crippen LogP contribution in [0.3, 0.4) is 0 Å². The Labute approximate surface area is 199 Å². The fourth-order valence-corrected chi connectivity index (χ4v) is 4.91. The third-order valence-electron chi connectivity index (χ3n) is 5.50. The summed E-state index contributed by atoms with van der Waals surface area (Å²) in [6.07, 6.45) is 4.62. The largest absolute Gasteiger partial charge is 0.385 e. The minimum absolute atomic E-state index is 0.126. The van der Waals surface area contributed by atoms with Crippen molar-refractivity contribution >= 4 is 39.7 Å². The van der Waals surface area contributed by atoms with Gasteiger partial charge < -0.3 is 20.7 Å². The number of hydrogen-bond acceptors (Lipinski definition) is 5. The number of anilines is 2. The molecule has 0 radical (unpaired) electrons. The van der Waals surface area contributed by atoms with Crippen molar-refractivity contribution in [3.63, 3.8) is 0 Å². The maximum Gasteiger partial charge on any atom is 0.256 e. The van der Waals surface area contributed by atoms with E-state index in [2.05, 4.69) is 16.0 Å². The molecule has 0 saturated carbocycles. The normalized spacial score (nSPS) is 13.2. The van der Waals surface area contributed by atoms with Gasteiger partial charge in [-0.15, -0.1) is 11.3 Å². The van der Waals surface area contributed by atoms with Crippen molar-refractivity contribution in [2.75, 3.05) is 30.9 Å². The first-order valence-electron chi connectivity index (χ1n) is 11.3. The molecule has 178 valence electrons. The van der Waals surface area contributed by atoms with Crippen LogP contribution < -0.4 is 16.0 Å². The Morgan fingerprint density at radius 1 is 1.06 bits per heavy atom. The van der Waals surface area contributed by atoms with Gasteiger partial charge in [-0.25, -0.2) is 0 Å². The van der Waals surface area contributed by atoms with E-state index in [1.54, 1.807) is 31.4 Å². The number of thiophene rings is 1. The summed E-state index contributed by atoms with van der Waals surface area (Å²) in [6, 6.07) is 6.83. The van der Waals surface area contributed by atoms with Crippen molar-refractivity contribution in [3.05, 3.63) is 45.8 Å². The Hall–Kier alpha value is -2.71. The summed E-state index contributed by atoms with van der Waals surface area (Å²) in [5.41, 5.74) is 2.07. The number of methoxy groups -OCH3 is 1. The average molecular weight is 472 g/mol. The molecule has 0 unspecified atom stereocenters. The Morgan fingerprint density at radius 2 is 1.82 bits per heavy atom. The number of nitrogens with one attached hydrogen (secondary N) is 3. The lowest BCUT2D eigenvalue weighted by Gasteiger charge is -2.18. The fraction of sp³-hybridized carbons (Fsp3) is 0.480. The third-order valence-corrected chi connectivity index (χ3v) is 6.71. The molecule has 0 spiro atoms. The molecule has 0 fully saturated rings. The van der Waals surface area contributed by atoms with E-state index in [9.17, 15) is 14.4 Å². The van der Waals surface area contributed by atoms with Gasteiger partial charge in [-0.2, -0.15) is 0 Å². The monoisotopic (exact) mass is 471 g/mol. The van der Waals surface area contributed by atoms with E-state index in [0.717, 1.165) is 37.7 Å². The molecule has 0 saturated heterocycles. The molecule has 1 aliphatic rings. The molecule has 3 N–H and O–H groups in total. The van der Waals surface area contributed by atoms with Crippen molar-refractivity contribution in [3.8, 4) is 0 Å². The Balaban J connectivity index is 1.79. The summed E-state index contributed by atoms with van der Waals surface area (Å²) in [6.45, 7) is 6.59. The zero-order valence-electron chi connectivity index (χ0n) is 19.8. The SMILES string of the molecule is COCCCNC(=O)c1c(NC(=O)c2cccc(NC(=O)C(C)(C)C)c2)sc2c1CCCC2. The molecule has 1 heterocycles. The van der Waals surface area contributed by atoms with Crippen LogP contribution >= 0.6 is 11.3 Å². The van der Waals surface area contributed by atoms with E-state index < -0.39 is 5.41 Å². The van der Waals surface area contributed by atoms with Crippen LogP contribution in [-0.2, 0) is 22.4 Å². The van der Waals surface area contributed by atoms with Crippen LogP contribution in [0.15, 0.2) is 24.3 Å². The molecule has 33 heavy (non-hydrogen) atoms. The molecular weight excluding hydrogens is 438 g/mol. The van der Waals surface area contributed by atoms with Crippen LogP contribution in [-0.4, -0.2) is 38.0 Å². The Kier molecular flexibility index (Phi) is 8.26. The highest BCUT2D eigenvalue weighted by Gasteiger charge is 2.27. The summed E-state index contributed by atoms with van der Waals surface area (Å²) < 4.78 is 5.05. The summed E-state index contributed by atoms with van der Waals surface area (Å²) in [4.78, 5) is 39.5. The van der Waals surface area contributed by atoms with Gasteiger partial charge in [0.2, 0.25) is 5.91 Å². The van der Waals surface area contributed by atoms with Gasteiger partial charge in [0.15, 0.2) is 0 Å². The number of carbonyl (C=O) groups is 3. The zero-order chi connectivity index (χ0) is 24.0. The molecule has 7 nitrogen and oxygen atoms in total. The molecule has 1 aromatic heterocycles. The van der Waals surface area contributed by atoms with E-state index in [0.29, 0.717) is 35.0 Å². The van der Waals surface area contributed by atoms with Crippen LogP contribution in [0, 0.1) is 5.41 Å². The molecule has 2 aromatic rings. The summed E-state index contributed by atoms with van der Waals surface area (Å²) in [5.74, 6) is -0.598. The molecule has 0 atom stereocenters. The minimum Gasteiger partial charge on any atom is -0.385 e. The van der Waals surface area contributed by atoms with Crippen LogP contribution in [0.5, 0.6) is 0 Å². The Morgan fingerprint density at radius 3 is 2.55 bits per heavy atom. The predicted octanol–water partition coefficient (Wildman–Crippen LogP) is 4.63. The van der Waals surface area contributed by atoms with Crippen molar-refractivity contribution in [1.82, 2.24) is 5.32 Å². The van der Waals surface area contributed by atoms with Crippen LogP contribution in [0.2, 0.25) is 0 Å². The first-order valence-corrected chi connectivity index (χ1v) is 12.2. The summed E-state index contributed by atoms with van der Waals surface area (Å²) in [5, 5.41) is 9.35. The lowest BCUT2D eigenvalue weighted by molar-refractivity contribution is -0.123. The van der Waals surface area contributed by atoms with Gasteiger partial charge in [0.1, 0.15) is 5.00 Å². The van der Waals surface area contributed by atoms with Crippen LogP contribution in [0.1, 0.15) is 71.2 Å². The first-order chi connectivity index (χ1) is 15.7. The van der Waals surface area contributed by atoms with E-state index in [4.69, 9.17) is 4.74 Å². The number of amides is 3. The number of ether oxygens (including phenoxy) is 1. The third kappa shape index (κ3) is 6.42. The van der Waals surface area contributed by atoms with Gasteiger partial charge in [-0.3, -0.25) is 14.4 Å². The molecule has 0 aliphatic heterocycles. The standard InChI is InChI=1S/C25H33N3O4S/c1-25(2,3)24(31)27-17-10-7-9-16(15-17)21(29)28-23-20(22(30)26-13-8-14-32-4)18-11-5-6-12-19(18)33-23/h7,9-10,15H,5-6,8,11-14H2,1-4H3,(H,26,30)(H,27,31)(H,28,29). The molecule has 0 bridgehead atoms. The van der Waals surface area contributed by atoms with Crippen molar-refractivity contribution < 1.29 is 19.1 Å². The number of rotatable bonds is 8. The van der Waals surface area contributed by atoms with Crippen LogP contribution in [0.4, 0.5) is 10.7 Å². The van der Waals surface area contributed by atoms with E-state index in [1.807, 2.05) is 20.8 Å². The maximum atomic E-state index is 13.1. The number of fused-ring (bicyclic) bond motifs is 1. The molecular formula is C25H33N3O4S. The highest BCUT2D eigenvalue weighted by atomic mass is 32.1. The lowest BCUT2D eigenvalue weighted by atomic mass is 9.95. The lowest BCUT2D eigenvalue weighted by Crippen LogP contribution is -2.28. The van der Waals surface area contributed by atoms with Gasteiger partial charge in [0.25, 0.3) is 11.8 Å². The second-order valence-corrected chi connectivity index (χ2v) is 10.4. The van der Waals surface area contributed by atoms with E-state index >= 15 is 0 Å². The van der Waals surface area contributed by atoms with Gasteiger partial charge in [0, 0.05) is 41.8 Å². The second kappa shape index (κ2) is 10.9. The quantitative estimate of drug-likeness (QED) is 0.489.